The Morgan fingerprint density at radius 2 is 2.33 bits per heavy atom. The van der Waals surface area contributed by atoms with Crippen molar-refractivity contribution >= 4 is 5.91 Å². The average Bonchev–Trinajstić information content (AvgIpc) is 2.17. The molecule has 0 radical (unpaired) electrons. The van der Waals surface area contributed by atoms with E-state index in [0.717, 1.165) is 0 Å². The Balaban J connectivity index is 2.97. The van der Waals surface area contributed by atoms with E-state index in [0.29, 0.717) is 5.56 Å². The predicted octanol–water partition coefficient (Wildman–Crippen LogP) is 1.06. The van der Waals surface area contributed by atoms with Crippen molar-refractivity contribution in [1.29, 1.82) is 0 Å². The van der Waals surface area contributed by atoms with Gasteiger partial charge in [-0.3, -0.25) is 4.79 Å². The van der Waals surface area contributed by atoms with Gasteiger partial charge in [-0.15, -0.1) is 0 Å². The van der Waals surface area contributed by atoms with E-state index in [2.05, 4.69) is 11.8 Å². The summed E-state index contributed by atoms with van der Waals surface area (Å²) >= 11 is 0. The number of benzene rings is 1. The highest BCUT2D eigenvalue weighted by Gasteiger charge is 2.05. The quantitative estimate of drug-likeness (QED) is 0.737. The smallest absolute Gasteiger partial charge is 0.229 e. The zero-order valence-corrected chi connectivity index (χ0v) is 8.21. The fourth-order valence-electron chi connectivity index (χ4n) is 1.04. The van der Waals surface area contributed by atoms with Crippen LogP contribution in [0.25, 0.3) is 0 Å². The number of rotatable bonds is 2. The van der Waals surface area contributed by atoms with Crippen LogP contribution in [0.15, 0.2) is 18.2 Å². The Bertz CT molecular complexity index is 432. The highest BCUT2D eigenvalue weighted by atomic mass is 19.1. The number of methoxy groups -OCH3 is 1. The van der Waals surface area contributed by atoms with Crippen LogP contribution in [0.5, 0.6) is 5.75 Å². The lowest BCUT2D eigenvalue weighted by Gasteiger charge is -2.03. The number of para-hydroxylation sites is 1. The molecule has 1 aromatic carbocycles. The second kappa shape index (κ2) is 5.01. The molecule has 0 bridgehead atoms. The molecule has 0 aliphatic carbocycles. The van der Waals surface area contributed by atoms with Gasteiger partial charge < -0.3 is 10.5 Å². The molecule has 1 amide bonds. The van der Waals surface area contributed by atoms with Crippen molar-refractivity contribution < 1.29 is 13.9 Å². The fraction of sp³-hybridized carbons (Fsp3) is 0.182. The molecule has 15 heavy (non-hydrogen) atoms. The summed E-state index contributed by atoms with van der Waals surface area (Å²) in [6, 6.07) is 4.40. The van der Waals surface area contributed by atoms with E-state index < -0.39 is 11.7 Å². The first kappa shape index (κ1) is 11.1. The normalized spacial score (nSPS) is 8.93. The molecule has 3 nitrogen and oxygen atoms in total. The van der Waals surface area contributed by atoms with Gasteiger partial charge in [0.15, 0.2) is 11.6 Å². The monoisotopic (exact) mass is 207 g/mol. The Morgan fingerprint density at radius 3 is 2.93 bits per heavy atom. The van der Waals surface area contributed by atoms with Crippen LogP contribution in [0.2, 0.25) is 0 Å². The van der Waals surface area contributed by atoms with Crippen molar-refractivity contribution in [3.63, 3.8) is 0 Å². The molecule has 0 heterocycles. The van der Waals surface area contributed by atoms with E-state index in [1.54, 1.807) is 6.07 Å². The van der Waals surface area contributed by atoms with Gasteiger partial charge in [0.1, 0.15) is 0 Å². The van der Waals surface area contributed by atoms with Crippen LogP contribution in [0.3, 0.4) is 0 Å². The Kier molecular flexibility index (Phi) is 3.69. The summed E-state index contributed by atoms with van der Waals surface area (Å²) in [6.45, 7) is 0. The molecule has 78 valence electrons. The van der Waals surface area contributed by atoms with Gasteiger partial charge in [0.05, 0.1) is 19.1 Å². The maximum atomic E-state index is 13.2. The molecule has 0 aromatic heterocycles. The topological polar surface area (TPSA) is 52.3 Å². The van der Waals surface area contributed by atoms with E-state index in [9.17, 15) is 9.18 Å². The summed E-state index contributed by atoms with van der Waals surface area (Å²) in [7, 11) is 1.36. The maximum Gasteiger partial charge on any atom is 0.229 e. The SMILES string of the molecule is COc1c(F)cccc1C#CCC(N)=O. The number of amides is 1. The van der Waals surface area contributed by atoms with Crippen molar-refractivity contribution in [3.8, 4) is 17.6 Å². The van der Waals surface area contributed by atoms with E-state index >= 15 is 0 Å². The van der Waals surface area contributed by atoms with Gasteiger partial charge in [-0.05, 0) is 12.1 Å². The van der Waals surface area contributed by atoms with Crippen molar-refractivity contribution in [3.05, 3.63) is 29.6 Å². The zero-order chi connectivity index (χ0) is 11.3. The first-order chi connectivity index (χ1) is 7.15. The van der Waals surface area contributed by atoms with Crippen molar-refractivity contribution in [2.75, 3.05) is 7.11 Å². The van der Waals surface area contributed by atoms with Crippen LogP contribution in [0, 0.1) is 17.7 Å². The molecule has 1 aromatic rings. The summed E-state index contributed by atoms with van der Waals surface area (Å²) in [5.74, 6) is 4.23. The van der Waals surface area contributed by atoms with Gasteiger partial charge in [-0.25, -0.2) is 4.39 Å². The van der Waals surface area contributed by atoms with Crippen LogP contribution in [-0.2, 0) is 4.79 Å². The van der Waals surface area contributed by atoms with Crippen molar-refractivity contribution in [2.45, 2.75) is 6.42 Å². The van der Waals surface area contributed by atoms with Crippen LogP contribution in [0.1, 0.15) is 12.0 Å². The van der Waals surface area contributed by atoms with Gasteiger partial charge in [0.25, 0.3) is 0 Å². The molecule has 0 unspecified atom stereocenters. The number of hydrogen-bond donors (Lipinski definition) is 1. The third-order valence-electron chi connectivity index (χ3n) is 1.66. The number of hydrogen-bond acceptors (Lipinski definition) is 2. The molecule has 0 atom stereocenters. The van der Waals surface area contributed by atoms with Gasteiger partial charge in [-0.2, -0.15) is 0 Å². The number of primary amides is 1. The fourth-order valence-corrected chi connectivity index (χ4v) is 1.04. The first-order valence-electron chi connectivity index (χ1n) is 4.25. The molecule has 0 aliphatic heterocycles. The van der Waals surface area contributed by atoms with Gasteiger partial charge in [-0.1, -0.05) is 17.9 Å². The molecule has 0 fully saturated rings. The molecular formula is C11H10FNO2. The molecule has 2 N–H and O–H groups in total. The Morgan fingerprint density at radius 1 is 1.60 bits per heavy atom. The predicted molar refractivity (Wildman–Crippen MR) is 53.6 cm³/mol. The lowest BCUT2D eigenvalue weighted by atomic mass is 10.2. The van der Waals surface area contributed by atoms with Gasteiger partial charge in [0.2, 0.25) is 5.91 Å². The molecule has 0 aliphatic rings. The van der Waals surface area contributed by atoms with Crippen LogP contribution >= 0.6 is 0 Å². The van der Waals surface area contributed by atoms with Crippen molar-refractivity contribution in [1.82, 2.24) is 0 Å². The van der Waals surface area contributed by atoms with Crippen molar-refractivity contribution in [2.24, 2.45) is 5.73 Å². The van der Waals surface area contributed by atoms with E-state index in [-0.39, 0.29) is 12.2 Å². The van der Waals surface area contributed by atoms with E-state index in [1.165, 1.54) is 19.2 Å². The molecule has 0 spiro atoms. The summed E-state index contributed by atoms with van der Waals surface area (Å²) in [5.41, 5.74) is 5.31. The second-order valence-electron chi connectivity index (χ2n) is 2.77. The molecule has 0 saturated carbocycles. The van der Waals surface area contributed by atoms with Crippen LogP contribution < -0.4 is 10.5 Å². The van der Waals surface area contributed by atoms with Crippen LogP contribution in [0.4, 0.5) is 4.39 Å². The minimum atomic E-state index is -0.516. The summed E-state index contributed by atoms with van der Waals surface area (Å²) in [6.07, 6.45) is -0.0559. The van der Waals surface area contributed by atoms with E-state index in [4.69, 9.17) is 10.5 Å². The number of nitrogens with two attached hydrogens (primary N) is 1. The Hall–Kier alpha value is -2.02. The average molecular weight is 207 g/mol. The Labute approximate surface area is 87.0 Å². The largest absolute Gasteiger partial charge is 0.492 e. The van der Waals surface area contributed by atoms with Crippen LogP contribution in [-0.4, -0.2) is 13.0 Å². The highest BCUT2D eigenvalue weighted by Crippen LogP contribution is 2.20. The zero-order valence-electron chi connectivity index (χ0n) is 8.21. The second-order valence-corrected chi connectivity index (χ2v) is 2.77. The number of carbonyl (C=O) groups is 1. The molecular weight excluding hydrogens is 197 g/mol. The summed E-state index contributed by atoms with van der Waals surface area (Å²) in [5, 5.41) is 0. The number of halogens is 1. The summed E-state index contributed by atoms with van der Waals surface area (Å²) < 4.78 is 18.0. The molecule has 4 heteroatoms. The molecule has 1 rings (SSSR count). The summed E-state index contributed by atoms with van der Waals surface area (Å²) in [4.78, 5) is 10.4. The maximum absolute atomic E-state index is 13.2. The lowest BCUT2D eigenvalue weighted by molar-refractivity contribution is -0.117. The third-order valence-corrected chi connectivity index (χ3v) is 1.66. The standard InChI is InChI=1S/C11H10FNO2/c1-15-11-8(4-2-6-9(11)12)5-3-7-10(13)14/h2,4,6H,7H2,1H3,(H2,13,14). The van der Waals surface area contributed by atoms with Gasteiger partial charge >= 0.3 is 0 Å². The van der Waals surface area contributed by atoms with Gasteiger partial charge in [0, 0.05) is 0 Å². The number of carbonyl (C=O) groups excluding carboxylic acids is 1. The minimum absolute atomic E-state index is 0.0559. The first-order valence-corrected chi connectivity index (χ1v) is 4.25. The molecule has 0 saturated heterocycles. The number of ether oxygens (including phenoxy) is 1. The third kappa shape index (κ3) is 2.99. The minimum Gasteiger partial charge on any atom is -0.492 e. The van der Waals surface area contributed by atoms with E-state index in [1.807, 2.05) is 0 Å². The lowest BCUT2D eigenvalue weighted by Crippen LogP contribution is -2.08. The highest BCUT2D eigenvalue weighted by molar-refractivity contribution is 5.76.